The Kier molecular flexibility index (Phi) is 8.24. The third kappa shape index (κ3) is 6.13. The lowest BCUT2D eigenvalue weighted by molar-refractivity contribution is -0.496. The molecule has 6 heteroatoms. The zero-order valence-electron chi connectivity index (χ0n) is 20.7. The molecule has 0 fully saturated rings. The van der Waals surface area contributed by atoms with Gasteiger partial charge in [0.2, 0.25) is 0 Å². The van der Waals surface area contributed by atoms with Gasteiger partial charge in [-0.1, -0.05) is 68.3 Å². The smallest absolute Gasteiger partial charge is 0.316 e. The van der Waals surface area contributed by atoms with E-state index in [1.165, 1.54) is 5.56 Å². The number of nitrogens with one attached hydrogen (secondary N) is 2. The van der Waals surface area contributed by atoms with Crippen LogP contribution in [0.5, 0.6) is 0 Å². The normalized spacial score (nSPS) is 13.9. The molecule has 1 aliphatic heterocycles. The molecule has 0 spiro atoms. The number of unbranched alkanes of at least 4 members (excludes halogenated alkanes) is 2. The highest BCUT2D eigenvalue weighted by molar-refractivity contribution is 6.43. The number of likely N-dealkylation sites (N-methyl/N-ethyl adjacent to an activating group) is 1. The predicted octanol–water partition coefficient (Wildman–Crippen LogP) is 4.85. The van der Waals surface area contributed by atoms with E-state index in [9.17, 15) is 9.59 Å². The lowest BCUT2D eigenvalue weighted by atomic mass is 9.96. The van der Waals surface area contributed by atoms with Gasteiger partial charge in [-0.15, -0.1) is 0 Å². The van der Waals surface area contributed by atoms with E-state index in [0.29, 0.717) is 24.3 Å². The molecular formula is C29H35N4O2+. The minimum absolute atomic E-state index is 0.0801. The molecule has 35 heavy (non-hydrogen) atoms. The molecular weight excluding hydrogens is 436 g/mol. The number of Topliss-reactive ketones (excluding diaryl/α,β-unsaturated/α-hetero) is 1. The molecule has 3 aromatic rings. The molecule has 0 radical (unpaired) electrons. The van der Waals surface area contributed by atoms with Crippen LogP contribution in [0.15, 0.2) is 60.8 Å². The lowest BCUT2D eigenvalue weighted by Gasteiger charge is -2.20. The van der Waals surface area contributed by atoms with Crippen molar-refractivity contribution >= 4 is 17.4 Å². The van der Waals surface area contributed by atoms with E-state index in [4.69, 9.17) is 0 Å². The Morgan fingerprint density at radius 3 is 2.63 bits per heavy atom. The third-order valence-electron chi connectivity index (χ3n) is 6.74. The summed E-state index contributed by atoms with van der Waals surface area (Å²) in [7, 11) is 1.98. The fourth-order valence-electron chi connectivity index (χ4n) is 4.68. The number of aromatic amines is 1. The van der Waals surface area contributed by atoms with Crippen LogP contribution in [0.25, 0.3) is 11.3 Å². The molecule has 1 aliphatic rings. The molecule has 0 saturated heterocycles. The second-order valence-electron chi connectivity index (χ2n) is 9.24. The highest BCUT2D eigenvalue weighted by Gasteiger charge is 2.31. The number of amides is 1. The van der Waals surface area contributed by atoms with Crippen molar-refractivity contribution in [3.8, 4) is 11.3 Å². The molecule has 0 saturated carbocycles. The number of imidazole rings is 1. The van der Waals surface area contributed by atoms with Gasteiger partial charge in [-0.05, 0) is 30.0 Å². The van der Waals surface area contributed by atoms with E-state index < -0.39 is 0 Å². The SMILES string of the molecule is CCC(=O)CCCCC[C@H](NC(=O)C1=[N+](C)CCc2ccccc21)c1ncc(-c2ccccc2)[nH]1. The number of ketones is 1. The molecule has 4 rings (SSSR count). The number of carbonyl (C=O) groups excluding carboxylic acids is 2. The first-order valence-corrected chi connectivity index (χ1v) is 12.7. The molecule has 0 aliphatic carbocycles. The van der Waals surface area contributed by atoms with Crippen molar-refractivity contribution in [2.24, 2.45) is 0 Å². The first-order chi connectivity index (χ1) is 17.1. The Hall–Kier alpha value is -3.54. The van der Waals surface area contributed by atoms with Crippen molar-refractivity contribution in [3.05, 3.63) is 77.7 Å². The maximum absolute atomic E-state index is 13.6. The summed E-state index contributed by atoms with van der Waals surface area (Å²) in [4.78, 5) is 33.3. The van der Waals surface area contributed by atoms with Crippen LogP contribution in [0.2, 0.25) is 0 Å². The van der Waals surface area contributed by atoms with Gasteiger partial charge >= 0.3 is 5.91 Å². The molecule has 2 heterocycles. The molecule has 6 nitrogen and oxygen atoms in total. The maximum Gasteiger partial charge on any atom is 0.316 e. The Balaban J connectivity index is 1.52. The molecule has 2 N–H and O–H groups in total. The van der Waals surface area contributed by atoms with E-state index >= 15 is 0 Å². The Bertz CT molecular complexity index is 1200. The number of rotatable bonds is 11. The number of carbonyl (C=O) groups is 2. The van der Waals surface area contributed by atoms with Crippen molar-refractivity contribution in [2.45, 2.75) is 57.9 Å². The number of nitrogens with zero attached hydrogens (tertiary/aromatic N) is 2. The van der Waals surface area contributed by atoms with Crippen LogP contribution in [-0.2, 0) is 16.0 Å². The van der Waals surface area contributed by atoms with Crippen LogP contribution in [0.4, 0.5) is 0 Å². The summed E-state index contributed by atoms with van der Waals surface area (Å²) in [6.45, 7) is 2.72. The second kappa shape index (κ2) is 11.7. The van der Waals surface area contributed by atoms with Gasteiger partial charge < -0.3 is 10.3 Å². The van der Waals surface area contributed by atoms with Crippen molar-refractivity contribution < 1.29 is 14.2 Å². The van der Waals surface area contributed by atoms with Crippen molar-refractivity contribution in [2.75, 3.05) is 13.6 Å². The molecule has 1 amide bonds. The van der Waals surface area contributed by atoms with Crippen LogP contribution in [0.1, 0.15) is 68.4 Å². The van der Waals surface area contributed by atoms with E-state index in [2.05, 4.69) is 21.4 Å². The first kappa shape index (κ1) is 24.6. The zero-order chi connectivity index (χ0) is 24.6. The Morgan fingerprint density at radius 2 is 1.83 bits per heavy atom. The van der Waals surface area contributed by atoms with E-state index in [1.54, 1.807) is 0 Å². The highest BCUT2D eigenvalue weighted by Crippen LogP contribution is 2.23. The predicted molar refractivity (Wildman–Crippen MR) is 139 cm³/mol. The van der Waals surface area contributed by atoms with Gasteiger partial charge in [-0.25, -0.2) is 9.56 Å². The number of fused-ring (bicyclic) bond motifs is 1. The minimum Gasteiger partial charge on any atom is -0.340 e. The summed E-state index contributed by atoms with van der Waals surface area (Å²) in [5, 5.41) is 3.27. The minimum atomic E-state index is -0.239. The molecule has 0 bridgehead atoms. The molecule has 0 unspecified atom stereocenters. The Labute approximate surface area is 207 Å². The quantitative estimate of drug-likeness (QED) is 0.310. The average Bonchev–Trinajstić information content (AvgIpc) is 3.38. The number of benzene rings is 2. The van der Waals surface area contributed by atoms with Gasteiger partial charge in [0.05, 0.1) is 23.5 Å². The standard InChI is InChI=1S/C29H34N4O2/c1-3-23(34)15-8-5-9-17-25(28-30-20-26(31-28)22-13-6-4-7-14-22)32-29(35)27-24-16-11-10-12-21(24)18-19-33(27)2/h4,6-7,10-14,16,20,25H,3,5,8-9,15,17-19H2,1-2H3,(H-,30,31,32,35)/p+1/t25-/m0/s1. The summed E-state index contributed by atoms with van der Waals surface area (Å²) in [5.74, 6) is 0.987. The van der Waals surface area contributed by atoms with Gasteiger partial charge in [-0.2, -0.15) is 0 Å². The summed E-state index contributed by atoms with van der Waals surface area (Å²) in [6, 6.07) is 18.0. The summed E-state index contributed by atoms with van der Waals surface area (Å²) in [5.41, 5.74) is 4.91. The van der Waals surface area contributed by atoms with E-state index in [-0.39, 0.29) is 11.9 Å². The van der Waals surface area contributed by atoms with Gasteiger partial charge in [-0.3, -0.25) is 9.59 Å². The number of aromatic nitrogens is 2. The molecule has 1 aromatic heterocycles. The number of hydrogen-bond donors (Lipinski definition) is 2. The van der Waals surface area contributed by atoms with Gasteiger partial charge in [0.1, 0.15) is 25.2 Å². The largest absolute Gasteiger partial charge is 0.340 e. The van der Waals surface area contributed by atoms with Crippen LogP contribution in [0.3, 0.4) is 0 Å². The molecule has 2 aromatic carbocycles. The van der Waals surface area contributed by atoms with Crippen LogP contribution in [0, 0.1) is 0 Å². The van der Waals surface area contributed by atoms with Gasteiger partial charge in [0, 0.05) is 19.3 Å². The van der Waals surface area contributed by atoms with Crippen LogP contribution in [-0.4, -0.2) is 45.5 Å². The first-order valence-electron chi connectivity index (χ1n) is 12.7. The topological polar surface area (TPSA) is 77.9 Å². The van der Waals surface area contributed by atoms with Crippen molar-refractivity contribution in [1.82, 2.24) is 15.3 Å². The maximum atomic E-state index is 13.6. The second-order valence-corrected chi connectivity index (χ2v) is 9.24. The van der Waals surface area contributed by atoms with Crippen LogP contribution >= 0.6 is 0 Å². The van der Waals surface area contributed by atoms with Crippen LogP contribution < -0.4 is 5.32 Å². The summed E-state index contributed by atoms with van der Waals surface area (Å²) in [6.07, 6.45) is 7.49. The Morgan fingerprint density at radius 1 is 1.06 bits per heavy atom. The summed E-state index contributed by atoms with van der Waals surface area (Å²) < 4.78 is 2.04. The van der Waals surface area contributed by atoms with Crippen molar-refractivity contribution in [1.29, 1.82) is 0 Å². The fourth-order valence-corrected chi connectivity index (χ4v) is 4.68. The molecule has 182 valence electrons. The molecule has 1 atom stereocenters. The lowest BCUT2D eigenvalue weighted by Crippen LogP contribution is -2.42. The number of H-pyrrole nitrogens is 1. The fraction of sp³-hybridized carbons (Fsp3) is 0.379. The monoisotopic (exact) mass is 471 g/mol. The third-order valence-corrected chi connectivity index (χ3v) is 6.74. The average molecular weight is 472 g/mol. The zero-order valence-corrected chi connectivity index (χ0v) is 20.7. The van der Waals surface area contributed by atoms with Gasteiger partial charge in [0.15, 0.2) is 0 Å². The summed E-state index contributed by atoms with van der Waals surface area (Å²) >= 11 is 0. The van der Waals surface area contributed by atoms with Gasteiger partial charge in [0.25, 0.3) is 5.71 Å². The number of hydrogen-bond acceptors (Lipinski definition) is 3. The van der Waals surface area contributed by atoms with E-state index in [0.717, 1.165) is 61.3 Å². The van der Waals surface area contributed by atoms with E-state index in [1.807, 2.05) is 73.3 Å². The highest BCUT2D eigenvalue weighted by atomic mass is 16.2. The van der Waals surface area contributed by atoms with Crippen molar-refractivity contribution in [3.63, 3.8) is 0 Å².